The summed E-state index contributed by atoms with van der Waals surface area (Å²) in [4.78, 5) is 25.2. The quantitative estimate of drug-likeness (QED) is 0.501. The van der Waals surface area contributed by atoms with Crippen molar-refractivity contribution in [1.82, 2.24) is 4.90 Å². The number of likely N-dealkylation sites (N-methyl/N-ethyl adjacent to an activating group) is 1. The van der Waals surface area contributed by atoms with Gasteiger partial charge in [-0.25, -0.2) is 4.79 Å². The van der Waals surface area contributed by atoms with E-state index in [2.05, 4.69) is 4.90 Å². The van der Waals surface area contributed by atoms with Crippen molar-refractivity contribution in [1.29, 1.82) is 0 Å². The van der Waals surface area contributed by atoms with Crippen molar-refractivity contribution >= 4 is 11.9 Å². The number of aliphatic carboxylic acids is 1. The van der Waals surface area contributed by atoms with Crippen LogP contribution in [0.3, 0.4) is 0 Å². The first-order chi connectivity index (χ1) is 14.2. The maximum atomic E-state index is 12.3. The Morgan fingerprint density at radius 3 is 2.90 bits per heavy atom. The van der Waals surface area contributed by atoms with Crippen molar-refractivity contribution in [3.63, 3.8) is 0 Å². The Hall–Kier alpha value is -2.62. The number of aromatic hydroxyl groups is 1. The molecular weight excluding hydrogens is 394 g/mol. The number of rotatable bonds is 4. The van der Waals surface area contributed by atoms with Crippen molar-refractivity contribution < 1.29 is 39.5 Å². The van der Waals surface area contributed by atoms with Gasteiger partial charge < -0.3 is 34.8 Å². The SMILES string of the molecule is CN1CC[C@]23c4c5ccc(O)c4O[C@H]2C(OC(=O)C[C@@H](O)C(=O)O)=CC[C@@]3(O)[C@@H]1C5. The zero-order chi connectivity index (χ0) is 21.4. The molecule has 1 fully saturated rings. The predicted octanol–water partition coefficient (Wildman–Crippen LogP) is 0.0487. The third-order valence-corrected chi connectivity index (χ3v) is 7.23. The number of carbonyl (C=O) groups is 2. The number of phenols is 1. The number of benzene rings is 1. The van der Waals surface area contributed by atoms with Crippen molar-refractivity contribution in [2.45, 2.75) is 54.9 Å². The van der Waals surface area contributed by atoms with Crippen LogP contribution in [0.5, 0.6) is 11.5 Å². The van der Waals surface area contributed by atoms with Gasteiger partial charge in [0.1, 0.15) is 5.76 Å². The van der Waals surface area contributed by atoms with Crippen LogP contribution in [0.1, 0.15) is 30.4 Å². The fourth-order valence-corrected chi connectivity index (χ4v) is 5.86. The number of aliphatic hydroxyl groups excluding tert-OH is 1. The molecule has 2 bridgehead atoms. The first-order valence-corrected chi connectivity index (χ1v) is 9.95. The van der Waals surface area contributed by atoms with Crippen LogP contribution in [0.15, 0.2) is 24.0 Å². The van der Waals surface area contributed by atoms with Gasteiger partial charge in [-0.2, -0.15) is 0 Å². The molecule has 2 heterocycles. The number of esters is 1. The third-order valence-electron chi connectivity index (χ3n) is 7.23. The minimum atomic E-state index is -1.86. The Kier molecular flexibility index (Phi) is 3.99. The minimum absolute atomic E-state index is 0.0378. The first kappa shape index (κ1) is 19.3. The fraction of sp³-hybridized carbons (Fsp3) is 0.524. The second kappa shape index (κ2) is 6.19. The Labute approximate surface area is 172 Å². The van der Waals surface area contributed by atoms with Crippen LogP contribution in [-0.2, 0) is 26.2 Å². The highest BCUT2D eigenvalue weighted by Gasteiger charge is 2.72. The number of phenolic OH excluding ortho intramolecular Hbond substituents is 1. The largest absolute Gasteiger partial charge is 0.504 e. The molecule has 1 aromatic rings. The molecule has 0 saturated carbocycles. The first-order valence-electron chi connectivity index (χ1n) is 9.95. The fourth-order valence-electron chi connectivity index (χ4n) is 5.86. The maximum absolute atomic E-state index is 12.3. The number of carboxylic acid groups (broad SMARTS) is 1. The molecule has 5 atom stereocenters. The van der Waals surface area contributed by atoms with E-state index in [1.54, 1.807) is 12.1 Å². The molecule has 9 heteroatoms. The Bertz CT molecular complexity index is 989. The molecule has 30 heavy (non-hydrogen) atoms. The lowest BCUT2D eigenvalue weighted by Crippen LogP contribution is -2.74. The molecule has 5 rings (SSSR count). The average molecular weight is 417 g/mol. The molecule has 0 amide bonds. The van der Waals surface area contributed by atoms with Gasteiger partial charge >= 0.3 is 11.9 Å². The highest BCUT2D eigenvalue weighted by Crippen LogP contribution is 2.65. The van der Waals surface area contributed by atoms with Gasteiger partial charge in [0.2, 0.25) is 0 Å². The van der Waals surface area contributed by atoms with Gasteiger partial charge in [-0.3, -0.25) is 4.79 Å². The van der Waals surface area contributed by atoms with E-state index in [4.69, 9.17) is 14.6 Å². The van der Waals surface area contributed by atoms with Gasteiger partial charge in [0, 0.05) is 18.0 Å². The van der Waals surface area contributed by atoms with Crippen LogP contribution >= 0.6 is 0 Å². The van der Waals surface area contributed by atoms with Crippen LogP contribution < -0.4 is 4.74 Å². The van der Waals surface area contributed by atoms with Gasteiger partial charge in [0.15, 0.2) is 23.7 Å². The standard InChI is InChI=1S/C21H23NO8/c1-22-7-6-20-16-10-2-3-11(23)17(16)30-18(20)13(4-5-21(20,28)14(22)8-10)29-15(25)9-12(24)19(26)27/h2-4,12,14,18,23-24,28H,5-9H2,1H3,(H,26,27)/t12-,14+,18+,20+,21-/m1/s1. The number of aliphatic hydroxyl groups is 2. The normalized spacial score (nSPS) is 34.4. The summed E-state index contributed by atoms with van der Waals surface area (Å²) >= 11 is 0. The van der Waals surface area contributed by atoms with E-state index in [1.807, 2.05) is 13.1 Å². The van der Waals surface area contributed by atoms with E-state index < -0.39 is 41.6 Å². The highest BCUT2D eigenvalue weighted by atomic mass is 16.6. The lowest BCUT2D eigenvalue weighted by molar-refractivity contribution is -0.170. The molecule has 2 aliphatic heterocycles. The van der Waals surface area contributed by atoms with Crippen LogP contribution in [0.2, 0.25) is 0 Å². The topological polar surface area (TPSA) is 137 Å². The smallest absolute Gasteiger partial charge is 0.333 e. The number of nitrogens with zero attached hydrogens (tertiary/aromatic N) is 1. The lowest BCUT2D eigenvalue weighted by Gasteiger charge is -2.61. The van der Waals surface area contributed by atoms with Crippen LogP contribution in [0.4, 0.5) is 0 Å². The molecule has 4 aliphatic rings. The van der Waals surface area contributed by atoms with Gasteiger partial charge in [0.05, 0.1) is 17.4 Å². The Balaban J connectivity index is 1.58. The van der Waals surface area contributed by atoms with Crippen LogP contribution in [-0.4, -0.2) is 74.7 Å². The molecule has 0 unspecified atom stereocenters. The molecule has 160 valence electrons. The van der Waals surface area contributed by atoms with E-state index in [9.17, 15) is 24.9 Å². The predicted molar refractivity (Wildman–Crippen MR) is 101 cm³/mol. The average Bonchev–Trinajstić information content (AvgIpc) is 3.04. The molecular formula is C21H23NO8. The van der Waals surface area contributed by atoms with Crippen LogP contribution in [0, 0.1) is 0 Å². The number of carboxylic acids is 1. The molecule has 0 aromatic heterocycles. The maximum Gasteiger partial charge on any atom is 0.333 e. The summed E-state index contributed by atoms with van der Waals surface area (Å²) in [6.07, 6.45) is -0.421. The number of ether oxygens (including phenoxy) is 2. The summed E-state index contributed by atoms with van der Waals surface area (Å²) in [5.74, 6) is -1.98. The molecule has 1 aromatic carbocycles. The Morgan fingerprint density at radius 2 is 2.17 bits per heavy atom. The van der Waals surface area contributed by atoms with Gasteiger partial charge in [-0.15, -0.1) is 0 Å². The van der Waals surface area contributed by atoms with E-state index >= 15 is 0 Å². The van der Waals surface area contributed by atoms with Crippen LogP contribution in [0.25, 0.3) is 0 Å². The summed E-state index contributed by atoms with van der Waals surface area (Å²) < 4.78 is 11.6. The monoisotopic (exact) mass is 417 g/mol. The lowest BCUT2D eigenvalue weighted by atomic mass is 9.50. The van der Waals surface area contributed by atoms with Crippen molar-refractivity contribution in [3.05, 3.63) is 35.1 Å². The van der Waals surface area contributed by atoms with Gasteiger partial charge in [-0.1, -0.05) is 6.07 Å². The summed E-state index contributed by atoms with van der Waals surface area (Å²) in [5.41, 5.74) is -0.304. The molecule has 9 nitrogen and oxygen atoms in total. The zero-order valence-corrected chi connectivity index (χ0v) is 16.4. The van der Waals surface area contributed by atoms with Gasteiger partial charge in [0.25, 0.3) is 0 Å². The van der Waals surface area contributed by atoms with E-state index in [1.165, 1.54) is 0 Å². The van der Waals surface area contributed by atoms with Crippen molar-refractivity contribution in [2.24, 2.45) is 0 Å². The number of hydrogen-bond acceptors (Lipinski definition) is 8. The number of piperidine rings is 1. The molecule has 2 aliphatic carbocycles. The molecule has 0 radical (unpaired) electrons. The second-order valence-corrected chi connectivity index (χ2v) is 8.63. The minimum Gasteiger partial charge on any atom is -0.504 e. The summed E-state index contributed by atoms with van der Waals surface area (Å²) in [6.45, 7) is 0.695. The van der Waals surface area contributed by atoms with Gasteiger partial charge in [-0.05, 0) is 44.1 Å². The highest BCUT2D eigenvalue weighted by molar-refractivity contribution is 5.81. The van der Waals surface area contributed by atoms with E-state index in [0.29, 0.717) is 25.1 Å². The summed E-state index contributed by atoms with van der Waals surface area (Å²) in [5, 5.41) is 40.7. The molecule has 4 N–H and O–H groups in total. The number of hydrogen-bond donors (Lipinski definition) is 4. The number of carbonyl (C=O) groups excluding carboxylic acids is 1. The van der Waals surface area contributed by atoms with E-state index in [-0.39, 0.29) is 24.0 Å². The Morgan fingerprint density at radius 1 is 1.40 bits per heavy atom. The second-order valence-electron chi connectivity index (χ2n) is 8.63. The number of likely N-dealkylation sites (tertiary alicyclic amines) is 1. The van der Waals surface area contributed by atoms with Crippen molar-refractivity contribution in [2.75, 3.05) is 13.6 Å². The van der Waals surface area contributed by atoms with Crippen molar-refractivity contribution in [3.8, 4) is 11.5 Å². The summed E-state index contributed by atoms with van der Waals surface area (Å²) in [7, 11) is 1.97. The summed E-state index contributed by atoms with van der Waals surface area (Å²) in [6, 6.07) is 3.25. The zero-order valence-electron chi connectivity index (χ0n) is 16.4. The molecule has 1 spiro atoms. The molecule has 1 saturated heterocycles. The third kappa shape index (κ3) is 2.28. The van der Waals surface area contributed by atoms with E-state index in [0.717, 1.165) is 11.1 Å².